The molecule has 2 atom stereocenters. The van der Waals surface area contributed by atoms with Gasteiger partial charge in [-0.2, -0.15) is 4.31 Å². The summed E-state index contributed by atoms with van der Waals surface area (Å²) in [4.78, 5) is 14.4. The van der Waals surface area contributed by atoms with Crippen molar-refractivity contribution in [1.29, 1.82) is 0 Å². The minimum atomic E-state index is -3.62. The molecule has 6 nitrogen and oxygen atoms in total. The summed E-state index contributed by atoms with van der Waals surface area (Å²) < 4.78 is 27.9. The van der Waals surface area contributed by atoms with Crippen LogP contribution in [0, 0.1) is 0 Å². The number of hydrogen-bond acceptors (Lipinski definition) is 3. The average Bonchev–Trinajstić information content (AvgIpc) is 2.74. The second-order valence-corrected chi connectivity index (χ2v) is 10.2. The van der Waals surface area contributed by atoms with Crippen LogP contribution in [0.2, 0.25) is 0 Å². The molecule has 3 rings (SSSR count). The lowest BCUT2D eigenvalue weighted by molar-refractivity contribution is -0.860. The summed E-state index contributed by atoms with van der Waals surface area (Å²) in [5.74, 6) is -0.270. The maximum atomic E-state index is 13.2. The standard InChI is InChI=1S/C23H31N3O3S/c1-18-10-7-8-15-26(18)30(28,29)21-14-9-13-20(16-21)23(27)24-22(17-25(2)3)19-11-5-4-6-12-19/h4-6,9,11-14,16,18,22H,7-8,10,15,17H2,1-3H3,(H,24,27)/p+1/t18-,22+/m1/s1. The zero-order valence-electron chi connectivity index (χ0n) is 18.0. The number of benzene rings is 2. The van der Waals surface area contributed by atoms with Crippen molar-refractivity contribution in [2.24, 2.45) is 0 Å². The average molecular weight is 431 g/mol. The fourth-order valence-corrected chi connectivity index (χ4v) is 5.70. The number of nitrogens with one attached hydrogen (secondary N) is 2. The molecule has 2 N–H and O–H groups in total. The number of hydrogen-bond donors (Lipinski definition) is 2. The van der Waals surface area contributed by atoms with E-state index >= 15 is 0 Å². The van der Waals surface area contributed by atoms with Gasteiger partial charge in [-0.25, -0.2) is 8.42 Å². The van der Waals surface area contributed by atoms with Gasteiger partial charge in [0.2, 0.25) is 10.0 Å². The van der Waals surface area contributed by atoms with Crippen molar-refractivity contribution in [3.8, 4) is 0 Å². The summed E-state index contributed by atoms with van der Waals surface area (Å²) in [5.41, 5.74) is 1.38. The van der Waals surface area contributed by atoms with Gasteiger partial charge in [0.25, 0.3) is 5.91 Å². The molecule has 0 spiro atoms. The van der Waals surface area contributed by atoms with E-state index in [0.717, 1.165) is 31.4 Å². The molecule has 1 amide bonds. The molecule has 162 valence electrons. The van der Waals surface area contributed by atoms with Crippen molar-refractivity contribution in [3.63, 3.8) is 0 Å². The van der Waals surface area contributed by atoms with Crippen LogP contribution in [0.4, 0.5) is 0 Å². The summed E-state index contributed by atoms with van der Waals surface area (Å²) in [6.45, 7) is 3.20. The van der Waals surface area contributed by atoms with Gasteiger partial charge in [0.05, 0.1) is 19.0 Å². The third kappa shape index (κ3) is 5.28. The van der Waals surface area contributed by atoms with E-state index < -0.39 is 10.0 Å². The van der Waals surface area contributed by atoms with Gasteiger partial charge in [0.15, 0.2) is 0 Å². The first-order chi connectivity index (χ1) is 14.3. The van der Waals surface area contributed by atoms with E-state index in [1.165, 1.54) is 11.0 Å². The van der Waals surface area contributed by atoms with Crippen LogP contribution in [0.5, 0.6) is 0 Å². The highest BCUT2D eigenvalue weighted by Crippen LogP contribution is 2.25. The van der Waals surface area contributed by atoms with Crippen LogP contribution in [-0.2, 0) is 10.0 Å². The molecule has 1 aliphatic heterocycles. The first-order valence-electron chi connectivity index (χ1n) is 10.6. The minimum Gasteiger partial charge on any atom is -0.340 e. The van der Waals surface area contributed by atoms with E-state index in [2.05, 4.69) is 5.32 Å². The van der Waals surface area contributed by atoms with Gasteiger partial charge in [-0.15, -0.1) is 0 Å². The Labute approximate surface area is 179 Å². The van der Waals surface area contributed by atoms with Crippen LogP contribution in [0.1, 0.15) is 48.1 Å². The summed E-state index contributed by atoms with van der Waals surface area (Å²) in [5, 5.41) is 3.08. The molecule has 1 fully saturated rings. The molecule has 7 heteroatoms. The first kappa shape index (κ1) is 22.5. The van der Waals surface area contributed by atoms with Crippen molar-refractivity contribution in [3.05, 3.63) is 65.7 Å². The topological polar surface area (TPSA) is 70.9 Å². The summed E-state index contributed by atoms with van der Waals surface area (Å²) >= 11 is 0. The van der Waals surface area contributed by atoms with Gasteiger partial charge in [-0.3, -0.25) is 4.79 Å². The highest BCUT2D eigenvalue weighted by atomic mass is 32.2. The molecule has 2 aromatic carbocycles. The van der Waals surface area contributed by atoms with Crippen molar-refractivity contribution in [2.75, 3.05) is 27.2 Å². The van der Waals surface area contributed by atoms with E-state index in [1.54, 1.807) is 22.5 Å². The molecule has 0 aromatic heterocycles. The molecular weight excluding hydrogens is 398 g/mol. The number of rotatable bonds is 7. The molecular formula is C23H32N3O3S+. The summed E-state index contributed by atoms with van der Waals surface area (Å²) in [6.07, 6.45) is 2.78. The molecule has 1 aliphatic rings. The van der Waals surface area contributed by atoms with Crippen molar-refractivity contribution in [1.82, 2.24) is 9.62 Å². The van der Waals surface area contributed by atoms with Gasteiger partial charge in [-0.05, 0) is 43.5 Å². The zero-order chi connectivity index (χ0) is 21.7. The van der Waals surface area contributed by atoms with Gasteiger partial charge in [-0.1, -0.05) is 42.8 Å². The lowest BCUT2D eigenvalue weighted by atomic mass is 10.1. The Morgan fingerprint density at radius 1 is 1.13 bits per heavy atom. The molecule has 0 saturated carbocycles. The highest BCUT2D eigenvalue weighted by molar-refractivity contribution is 7.89. The van der Waals surface area contributed by atoms with Crippen LogP contribution in [0.3, 0.4) is 0 Å². The molecule has 1 heterocycles. The lowest BCUT2D eigenvalue weighted by Gasteiger charge is -2.32. The predicted octanol–water partition coefficient (Wildman–Crippen LogP) is 1.87. The normalized spacial score (nSPS) is 18.9. The zero-order valence-corrected chi connectivity index (χ0v) is 18.8. The van der Waals surface area contributed by atoms with E-state index in [0.29, 0.717) is 12.1 Å². The molecule has 0 unspecified atom stereocenters. The van der Waals surface area contributed by atoms with Crippen LogP contribution in [0.15, 0.2) is 59.5 Å². The summed E-state index contributed by atoms with van der Waals surface area (Å²) in [7, 11) is 0.456. The number of sulfonamides is 1. The Bertz CT molecular complexity index is 961. The maximum Gasteiger partial charge on any atom is 0.252 e. The number of nitrogens with zero attached hydrogens (tertiary/aromatic N) is 1. The molecule has 0 aliphatic carbocycles. The second-order valence-electron chi connectivity index (χ2n) is 8.34. The fraction of sp³-hybridized carbons (Fsp3) is 0.435. The van der Waals surface area contributed by atoms with E-state index in [1.807, 2.05) is 51.4 Å². The van der Waals surface area contributed by atoms with Gasteiger partial charge >= 0.3 is 0 Å². The Hall–Kier alpha value is -2.22. The molecule has 2 aromatic rings. The smallest absolute Gasteiger partial charge is 0.252 e. The molecule has 30 heavy (non-hydrogen) atoms. The number of carbonyl (C=O) groups is 1. The van der Waals surface area contributed by atoms with Gasteiger partial charge in [0.1, 0.15) is 12.6 Å². The molecule has 0 bridgehead atoms. The van der Waals surface area contributed by atoms with Crippen LogP contribution in [-0.4, -0.2) is 51.9 Å². The monoisotopic (exact) mass is 430 g/mol. The fourth-order valence-electron chi connectivity index (χ4n) is 3.95. The number of quaternary nitrogens is 1. The quantitative estimate of drug-likeness (QED) is 0.705. The Balaban J connectivity index is 1.83. The predicted molar refractivity (Wildman–Crippen MR) is 118 cm³/mol. The number of carbonyl (C=O) groups excluding carboxylic acids is 1. The lowest BCUT2D eigenvalue weighted by Crippen LogP contribution is -3.06. The van der Waals surface area contributed by atoms with Crippen molar-refractivity contribution in [2.45, 2.75) is 43.2 Å². The Kier molecular flexibility index (Phi) is 7.28. The molecule has 0 radical (unpaired) electrons. The number of amides is 1. The van der Waals surface area contributed by atoms with Crippen molar-refractivity contribution >= 4 is 15.9 Å². The summed E-state index contributed by atoms with van der Waals surface area (Å²) in [6, 6.07) is 16.0. The SMILES string of the molecule is C[C@@H]1CCCCN1S(=O)(=O)c1cccc(C(=O)N[C@@H](C[NH+](C)C)c2ccccc2)c1. The van der Waals surface area contributed by atoms with Crippen LogP contribution < -0.4 is 10.2 Å². The maximum absolute atomic E-state index is 13.2. The minimum absolute atomic E-state index is 0.0215. The Morgan fingerprint density at radius 2 is 1.87 bits per heavy atom. The number of piperidine rings is 1. The Morgan fingerprint density at radius 3 is 2.53 bits per heavy atom. The van der Waals surface area contributed by atoms with Gasteiger partial charge in [0, 0.05) is 18.2 Å². The van der Waals surface area contributed by atoms with Crippen LogP contribution >= 0.6 is 0 Å². The third-order valence-electron chi connectivity index (χ3n) is 5.56. The van der Waals surface area contributed by atoms with E-state index in [4.69, 9.17) is 0 Å². The third-order valence-corrected chi connectivity index (χ3v) is 7.57. The van der Waals surface area contributed by atoms with Crippen LogP contribution in [0.25, 0.3) is 0 Å². The highest BCUT2D eigenvalue weighted by Gasteiger charge is 2.31. The largest absolute Gasteiger partial charge is 0.340 e. The first-order valence-corrected chi connectivity index (χ1v) is 12.0. The second kappa shape index (κ2) is 9.73. The van der Waals surface area contributed by atoms with E-state index in [-0.39, 0.29) is 22.9 Å². The number of likely N-dealkylation sites (N-methyl/N-ethyl adjacent to an activating group) is 1. The molecule has 1 saturated heterocycles. The van der Waals surface area contributed by atoms with E-state index in [9.17, 15) is 13.2 Å². The van der Waals surface area contributed by atoms with Gasteiger partial charge < -0.3 is 10.2 Å². The van der Waals surface area contributed by atoms with Crippen molar-refractivity contribution < 1.29 is 18.1 Å².